The predicted octanol–water partition coefficient (Wildman–Crippen LogP) is 3.59. The lowest BCUT2D eigenvalue weighted by Crippen LogP contribution is -2.54. The second kappa shape index (κ2) is 9.40. The third-order valence-electron chi connectivity index (χ3n) is 7.46. The summed E-state index contributed by atoms with van der Waals surface area (Å²) >= 11 is 0. The topological polar surface area (TPSA) is 142 Å². The molecule has 3 heterocycles. The van der Waals surface area contributed by atoms with E-state index in [4.69, 9.17) is 4.74 Å². The molecule has 10 nitrogen and oxygen atoms in total. The Bertz CT molecular complexity index is 1420. The Morgan fingerprint density at radius 1 is 1.13 bits per heavy atom. The van der Waals surface area contributed by atoms with Gasteiger partial charge in [-0.15, -0.1) is 0 Å². The van der Waals surface area contributed by atoms with Gasteiger partial charge in [-0.05, 0) is 83.6 Å². The molecule has 2 bridgehead atoms. The molecular formula is C28H32N6O4. The van der Waals surface area contributed by atoms with Crippen LogP contribution in [0.4, 0.5) is 5.69 Å². The van der Waals surface area contributed by atoms with Gasteiger partial charge in [0.2, 0.25) is 0 Å². The molecule has 0 unspecified atom stereocenters. The lowest BCUT2D eigenvalue weighted by Gasteiger charge is -2.51. The zero-order valence-corrected chi connectivity index (χ0v) is 21.9. The van der Waals surface area contributed by atoms with Crippen LogP contribution in [0.25, 0.3) is 16.9 Å². The first-order valence-electron chi connectivity index (χ1n) is 12.9. The van der Waals surface area contributed by atoms with Crippen molar-refractivity contribution < 1.29 is 19.4 Å². The van der Waals surface area contributed by atoms with Crippen LogP contribution in [0.2, 0.25) is 0 Å². The molecule has 198 valence electrons. The van der Waals surface area contributed by atoms with E-state index in [1.165, 1.54) is 12.4 Å². The minimum absolute atomic E-state index is 0.232. The van der Waals surface area contributed by atoms with Gasteiger partial charge >= 0.3 is 5.97 Å². The molecule has 0 aromatic carbocycles. The fraction of sp³-hybridized carbons (Fsp3) is 0.464. The molecule has 3 aromatic heterocycles. The fourth-order valence-corrected chi connectivity index (χ4v) is 5.40. The van der Waals surface area contributed by atoms with E-state index in [0.717, 1.165) is 24.8 Å². The number of aromatic nitrogens is 3. The van der Waals surface area contributed by atoms with Crippen LogP contribution in [0.15, 0.2) is 36.7 Å². The summed E-state index contributed by atoms with van der Waals surface area (Å²) in [6, 6.07) is 9.41. The summed E-state index contributed by atoms with van der Waals surface area (Å²) in [7, 11) is 0. The van der Waals surface area contributed by atoms with E-state index in [1.807, 2.05) is 18.2 Å². The number of nitriles is 1. The molecule has 0 spiro atoms. The fourth-order valence-electron chi connectivity index (χ4n) is 5.40. The first-order valence-corrected chi connectivity index (χ1v) is 12.9. The summed E-state index contributed by atoms with van der Waals surface area (Å²) in [6.45, 7) is 5.05. The average molecular weight is 517 g/mol. The van der Waals surface area contributed by atoms with Crippen molar-refractivity contribution in [1.82, 2.24) is 19.9 Å². The second-order valence-electron chi connectivity index (χ2n) is 11.4. The molecule has 10 heteroatoms. The van der Waals surface area contributed by atoms with Crippen LogP contribution in [0, 0.1) is 11.3 Å². The Balaban J connectivity index is 1.46. The van der Waals surface area contributed by atoms with Gasteiger partial charge in [-0.25, -0.2) is 4.52 Å². The molecule has 1 amide bonds. The molecule has 3 N–H and O–H groups in total. The Labute approximate surface area is 221 Å². The van der Waals surface area contributed by atoms with Crippen LogP contribution < -0.4 is 10.6 Å². The number of pyridine rings is 1. The summed E-state index contributed by atoms with van der Waals surface area (Å²) in [5, 5.41) is 30.6. The van der Waals surface area contributed by atoms with Gasteiger partial charge in [-0.1, -0.05) is 0 Å². The van der Waals surface area contributed by atoms with Gasteiger partial charge in [-0.3, -0.25) is 14.6 Å². The maximum absolute atomic E-state index is 13.2. The zero-order chi connectivity index (χ0) is 27.1. The number of nitrogens with one attached hydrogen (secondary N) is 2. The number of aliphatic hydroxyl groups is 1. The van der Waals surface area contributed by atoms with Crippen molar-refractivity contribution in [2.45, 2.75) is 76.0 Å². The Hall–Kier alpha value is -3.97. The molecule has 0 radical (unpaired) electrons. The van der Waals surface area contributed by atoms with Gasteiger partial charge < -0.3 is 20.5 Å². The van der Waals surface area contributed by atoms with E-state index in [-0.39, 0.29) is 12.1 Å². The van der Waals surface area contributed by atoms with E-state index in [0.29, 0.717) is 47.5 Å². The maximum atomic E-state index is 13.2. The van der Waals surface area contributed by atoms with Crippen molar-refractivity contribution in [3.63, 3.8) is 0 Å². The van der Waals surface area contributed by atoms with E-state index in [2.05, 4.69) is 26.8 Å². The molecule has 3 fully saturated rings. The molecule has 3 aliphatic rings. The third-order valence-corrected chi connectivity index (χ3v) is 7.46. The third kappa shape index (κ3) is 5.20. The van der Waals surface area contributed by atoms with Gasteiger partial charge in [0.15, 0.2) is 0 Å². The van der Waals surface area contributed by atoms with Crippen molar-refractivity contribution in [2.24, 2.45) is 0 Å². The number of amides is 1. The van der Waals surface area contributed by atoms with Crippen molar-refractivity contribution in [3.05, 3.63) is 47.8 Å². The summed E-state index contributed by atoms with van der Waals surface area (Å²) in [6.07, 6.45) is 7.54. The molecule has 3 aliphatic carbocycles. The number of ether oxygens (including phenoxy) is 1. The molecule has 6 rings (SSSR count). The highest BCUT2D eigenvalue weighted by Gasteiger charge is 2.48. The minimum atomic E-state index is -0.650. The Morgan fingerprint density at radius 2 is 1.84 bits per heavy atom. The second-order valence-corrected chi connectivity index (χ2v) is 11.4. The average Bonchev–Trinajstić information content (AvgIpc) is 3.30. The van der Waals surface area contributed by atoms with Gasteiger partial charge in [0.25, 0.3) is 5.91 Å². The summed E-state index contributed by atoms with van der Waals surface area (Å²) < 4.78 is 7.01. The van der Waals surface area contributed by atoms with Crippen LogP contribution >= 0.6 is 0 Å². The van der Waals surface area contributed by atoms with Crippen molar-refractivity contribution in [3.8, 4) is 17.5 Å². The van der Waals surface area contributed by atoms with Crippen LogP contribution in [0.3, 0.4) is 0 Å². The number of rotatable bonds is 6. The summed E-state index contributed by atoms with van der Waals surface area (Å²) in [4.78, 5) is 30.0. The van der Waals surface area contributed by atoms with Gasteiger partial charge in [-0.2, -0.15) is 10.4 Å². The monoisotopic (exact) mass is 516 g/mol. The highest BCUT2D eigenvalue weighted by molar-refractivity contribution is 6.01. The zero-order valence-electron chi connectivity index (χ0n) is 21.9. The SMILES string of the molecule is CC(C)(C)OC(=O)CNC(=O)c1cnc(-c2ccc3cc(C#N)cnn23)cc1NC12CCC(O)(CC1)CC2. The van der Waals surface area contributed by atoms with Crippen molar-refractivity contribution in [1.29, 1.82) is 5.26 Å². The van der Waals surface area contributed by atoms with Crippen LogP contribution in [0.5, 0.6) is 0 Å². The normalized spacial score (nSPS) is 22.6. The predicted molar refractivity (Wildman–Crippen MR) is 140 cm³/mol. The number of fused-ring (bicyclic) bond motifs is 4. The Kier molecular flexibility index (Phi) is 6.35. The highest BCUT2D eigenvalue weighted by atomic mass is 16.6. The van der Waals surface area contributed by atoms with Gasteiger partial charge in [0, 0.05) is 11.7 Å². The number of anilines is 1. The molecule has 0 aliphatic heterocycles. The van der Waals surface area contributed by atoms with Gasteiger partial charge in [0.05, 0.1) is 45.5 Å². The number of hydrogen-bond acceptors (Lipinski definition) is 8. The van der Waals surface area contributed by atoms with E-state index in [9.17, 15) is 20.0 Å². The molecule has 38 heavy (non-hydrogen) atoms. The summed E-state index contributed by atoms with van der Waals surface area (Å²) in [5.41, 5.74) is 1.99. The van der Waals surface area contributed by atoms with Gasteiger partial charge in [0.1, 0.15) is 18.2 Å². The smallest absolute Gasteiger partial charge is 0.325 e. The standard InChI is InChI=1S/C28H32N6O4/c1-26(2,3)38-24(35)17-31-25(36)20-16-30-22(23-5-4-19-12-18(14-29)15-32-34(19)23)13-21(20)33-27-6-9-28(37,10-7-27)11-8-27/h4-5,12-13,15-16,37H,6-11,17H2,1-3H3,(H,30,33)(H,31,36). The van der Waals surface area contributed by atoms with Crippen LogP contribution in [-0.4, -0.2) is 54.9 Å². The minimum Gasteiger partial charge on any atom is -0.459 e. The largest absolute Gasteiger partial charge is 0.459 e. The molecule has 0 saturated heterocycles. The quantitative estimate of drug-likeness (QED) is 0.422. The molecule has 0 atom stereocenters. The van der Waals surface area contributed by atoms with Crippen molar-refractivity contribution >= 4 is 23.1 Å². The molecule has 3 saturated carbocycles. The Morgan fingerprint density at radius 3 is 2.50 bits per heavy atom. The number of esters is 1. The van der Waals surface area contributed by atoms with Crippen molar-refractivity contribution in [2.75, 3.05) is 11.9 Å². The van der Waals surface area contributed by atoms with Crippen LogP contribution in [-0.2, 0) is 9.53 Å². The lowest BCUT2D eigenvalue weighted by atomic mass is 9.63. The number of carbonyl (C=O) groups is 2. The maximum Gasteiger partial charge on any atom is 0.325 e. The number of carbonyl (C=O) groups excluding carboxylic acids is 2. The van der Waals surface area contributed by atoms with E-state index in [1.54, 1.807) is 31.4 Å². The first kappa shape index (κ1) is 25.7. The van der Waals surface area contributed by atoms with E-state index >= 15 is 0 Å². The number of nitrogens with zero attached hydrogens (tertiary/aromatic N) is 4. The summed E-state index contributed by atoms with van der Waals surface area (Å²) in [5.74, 6) is -0.960. The first-order chi connectivity index (χ1) is 18.0. The molecular weight excluding hydrogens is 484 g/mol. The highest BCUT2D eigenvalue weighted by Crippen LogP contribution is 2.48. The lowest BCUT2D eigenvalue weighted by molar-refractivity contribution is -0.153. The number of hydrogen-bond donors (Lipinski definition) is 3. The molecule has 3 aromatic rings. The van der Waals surface area contributed by atoms with Crippen LogP contribution in [0.1, 0.15) is 75.2 Å². The van der Waals surface area contributed by atoms with E-state index < -0.39 is 23.1 Å².